The van der Waals surface area contributed by atoms with Crippen LogP contribution in [0.1, 0.15) is 55.5 Å². The molecule has 1 aromatic heterocycles. The quantitative estimate of drug-likeness (QED) is 0.293. The van der Waals surface area contributed by atoms with Gasteiger partial charge in [-0.05, 0) is 81.2 Å². The molecule has 7 nitrogen and oxygen atoms in total. The third-order valence-corrected chi connectivity index (χ3v) is 8.68. The van der Waals surface area contributed by atoms with E-state index in [0.717, 1.165) is 35.7 Å². The maximum Gasteiger partial charge on any atom is 0.416 e. The van der Waals surface area contributed by atoms with Crippen LogP contribution >= 0.6 is 11.3 Å². The highest BCUT2D eigenvalue weighted by Crippen LogP contribution is 2.33. The fraction of sp³-hybridized carbons (Fsp3) is 0.560. The zero-order valence-electron chi connectivity index (χ0n) is 21.2. The number of aliphatic carboxylic acids is 1. The number of β-amino-alcohol motifs (C(OH)–C–C–N with tert-alkyl or cyclic N) is 1. The number of alkyl halides is 3. The number of benzene rings is 1. The fourth-order valence-electron chi connectivity index (χ4n) is 3.84. The van der Waals surface area contributed by atoms with Crippen molar-refractivity contribution >= 4 is 27.3 Å². The summed E-state index contributed by atoms with van der Waals surface area (Å²) in [6.45, 7) is 3.77. The number of nitrogens with one attached hydrogen (secondary N) is 1. The normalized spacial score (nSPS) is 13.7. The Labute approximate surface area is 220 Å². The van der Waals surface area contributed by atoms with Crippen molar-refractivity contribution in [2.45, 2.75) is 75.1 Å². The number of nitrogens with zero attached hydrogens (tertiary/aromatic N) is 1. The highest BCUT2D eigenvalue weighted by atomic mass is 32.2. The molecule has 2 aromatic rings. The minimum Gasteiger partial charge on any atom is -0.481 e. The van der Waals surface area contributed by atoms with E-state index in [1.165, 1.54) is 11.9 Å². The Balaban J connectivity index is 2.02. The molecule has 0 aliphatic carbocycles. The number of carboxylic acids is 1. The summed E-state index contributed by atoms with van der Waals surface area (Å²) in [7, 11) is -3.14. The van der Waals surface area contributed by atoms with Crippen LogP contribution in [-0.4, -0.2) is 60.7 Å². The predicted octanol–water partition coefficient (Wildman–Crippen LogP) is 4.55. The zero-order valence-corrected chi connectivity index (χ0v) is 22.8. The van der Waals surface area contributed by atoms with Crippen LogP contribution in [0.5, 0.6) is 0 Å². The summed E-state index contributed by atoms with van der Waals surface area (Å²) in [4.78, 5) is 11.5. The lowest BCUT2D eigenvalue weighted by Gasteiger charge is -2.29. The topological polar surface area (TPSA) is 107 Å². The minimum absolute atomic E-state index is 0.0173. The Bertz CT molecular complexity index is 1120. The highest BCUT2D eigenvalue weighted by Gasteiger charge is 2.34. The Kier molecular flexibility index (Phi) is 11.1. The van der Waals surface area contributed by atoms with Crippen molar-refractivity contribution in [3.8, 4) is 0 Å². The van der Waals surface area contributed by atoms with Crippen molar-refractivity contribution in [2.75, 3.05) is 20.1 Å². The third-order valence-electron chi connectivity index (χ3n) is 5.95. The zero-order chi connectivity index (χ0) is 27.9. The first-order valence-corrected chi connectivity index (χ1v) is 14.3. The van der Waals surface area contributed by atoms with Crippen molar-refractivity contribution < 1.29 is 36.6 Å². The summed E-state index contributed by atoms with van der Waals surface area (Å²) in [6, 6.07) is 6.61. The molecule has 208 valence electrons. The van der Waals surface area contributed by atoms with Gasteiger partial charge in [0.25, 0.3) is 0 Å². The molecule has 0 spiro atoms. The molecule has 37 heavy (non-hydrogen) atoms. The van der Waals surface area contributed by atoms with E-state index >= 15 is 0 Å². The molecule has 0 aliphatic rings. The number of carbonyl (C=O) groups is 1. The number of sulfonamides is 1. The van der Waals surface area contributed by atoms with E-state index in [2.05, 4.69) is 11.4 Å². The summed E-state index contributed by atoms with van der Waals surface area (Å²) >= 11 is 1.70. The van der Waals surface area contributed by atoms with Gasteiger partial charge in [-0.15, -0.1) is 11.3 Å². The SMILES string of the molecule is CN(CC(O)CNC(C)(C)CCCc1cccs1)S(=O)(=O)c1cc(CCCC(=O)O)cc(C(F)(F)F)c1. The van der Waals surface area contributed by atoms with Crippen molar-refractivity contribution in [1.29, 1.82) is 0 Å². The fourth-order valence-corrected chi connectivity index (χ4v) is 5.90. The Morgan fingerprint density at radius 1 is 1.16 bits per heavy atom. The number of hydrogen-bond donors (Lipinski definition) is 3. The first-order valence-electron chi connectivity index (χ1n) is 11.9. The van der Waals surface area contributed by atoms with Gasteiger partial charge in [-0.2, -0.15) is 17.5 Å². The van der Waals surface area contributed by atoms with Crippen molar-refractivity contribution in [2.24, 2.45) is 0 Å². The van der Waals surface area contributed by atoms with Gasteiger partial charge in [0.05, 0.1) is 16.6 Å². The summed E-state index contributed by atoms with van der Waals surface area (Å²) in [6.07, 6.45) is -3.34. The molecule has 12 heteroatoms. The second-order valence-electron chi connectivity index (χ2n) is 9.75. The van der Waals surface area contributed by atoms with E-state index in [-0.39, 0.29) is 43.5 Å². The van der Waals surface area contributed by atoms with E-state index in [0.29, 0.717) is 6.07 Å². The highest BCUT2D eigenvalue weighted by molar-refractivity contribution is 7.89. The van der Waals surface area contributed by atoms with Crippen LogP contribution in [0.3, 0.4) is 0 Å². The number of aliphatic hydroxyl groups excluding tert-OH is 1. The van der Waals surface area contributed by atoms with Crippen LogP contribution in [-0.2, 0) is 33.8 Å². The van der Waals surface area contributed by atoms with Gasteiger partial charge in [0.1, 0.15) is 0 Å². The molecular formula is C25H35F3N2O5S2. The molecule has 1 heterocycles. The van der Waals surface area contributed by atoms with Gasteiger partial charge >= 0.3 is 12.1 Å². The van der Waals surface area contributed by atoms with Crippen LogP contribution < -0.4 is 5.32 Å². The number of rotatable bonds is 15. The van der Waals surface area contributed by atoms with E-state index < -0.39 is 38.7 Å². The molecule has 0 amide bonds. The van der Waals surface area contributed by atoms with Gasteiger partial charge in [-0.3, -0.25) is 4.79 Å². The predicted molar refractivity (Wildman–Crippen MR) is 137 cm³/mol. The first-order chi connectivity index (χ1) is 17.1. The smallest absolute Gasteiger partial charge is 0.416 e. The molecule has 0 bridgehead atoms. The van der Waals surface area contributed by atoms with E-state index in [9.17, 15) is 31.5 Å². The third kappa shape index (κ3) is 10.4. The molecule has 1 aromatic carbocycles. The summed E-state index contributed by atoms with van der Waals surface area (Å²) in [5.41, 5.74) is -1.35. The van der Waals surface area contributed by atoms with Gasteiger partial charge in [0, 0.05) is 37.0 Å². The second kappa shape index (κ2) is 13.2. The van der Waals surface area contributed by atoms with Gasteiger partial charge < -0.3 is 15.5 Å². The van der Waals surface area contributed by atoms with Gasteiger partial charge in [-0.1, -0.05) is 6.07 Å². The molecule has 1 atom stereocenters. The summed E-state index contributed by atoms with van der Waals surface area (Å²) in [5, 5.41) is 24.5. The van der Waals surface area contributed by atoms with E-state index in [1.54, 1.807) is 11.3 Å². The molecule has 0 radical (unpaired) electrons. The molecule has 2 rings (SSSR count). The van der Waals surface area contributed by atoms with Crippen molar-refractivity contribution in [1.82, 2.24) is 9.62 Å². The minimum atomic E-state index is -4.77. The molecule has 0 saturated heterocycles. The van der Waals surface area contributed by atoms with Crippen LogP contribution in [0.2, 0.25) is 0 Å². The number of aryl methyl sites for hydroxylation is 2. The average Bonchev–Trinajstić information content (AvgIpc) is 3.30. The Morgan fingerprint density at radius 2 is 1.86 bits per heavy atom. The molecule has 1 unspecified atom stereocenters. The average molecular weight is 565 g/mol. The maximum absolute atomic E-state index is 13.4. The van der Waals surface area contributed by atoms with Gasteiger partial charge in [0.2, 0.25) is 10.0 Å². The Morgan fingerprint density at radius 3 is 2.46 bits per heavy atom. The van der Waals surface area contributed by atoms with Crippen LogP contribution in [0.15, 0.2) is 40.6 Å². The van der Waals surface area contributed by atoms with E-state index in [1.807, 2.05) is 25.3 Å². The summed E-state index contributed by atoms with van der Waals surface area (Å²) in [5.74, 6) is -1.09. The number of likely N-dealkylation sites (N-methyl/N-ethyl adjacent to an activating group) is 1. The molecular weight excluding hydrogens is 529 g/mol. The van der Waals surface area contributed by atoms with E-state index in [4.69, 9.17) is 5.11 Å². The largest absolute Gasteiger partial charge is 0.481 e. The maximum atomic E-state index is 13.4. The number of carboxylic acid groups (broad SMARTS) is 1. The first kappa shape index (κ1) is 31.2. The van der Waals surface area contributed by atoms with Crippen LogP contribution in [0.25, 0.3) is 0 Å². The lowest BCUT2D eigenvalue weighted by atomic mass is 9.96. The number of aliphatic hydroxyl groups is 1. The van der Waals surface area contributed by atoms with Crippen LogP contribution in [0, 0.1) is 0 Å². The number of halogens is 3. The molecule has 0 saturated carbocycles. The second-order valence-corrected chi connectivity index (χ2v) is 12.8. The monoisotopic (exact) mass is 564 g/mol. The molecule has 3 N–H and O–H groups in total. The van der Waals surface area contributed by atoms with Crippen molar-refractivity contribution in [3.63, 3.8) is 0 Å². The number of hydrogen-bond acceptors (Lipinski definition) is 6. The van der Waals surface area contributed by atoms with Gasteiger partial charge in [-0.25, -0.2) is 8.42 Å². The lowest BCUT2D eigenvalue weighted by Crippen LogP contribution is -2.46. The molecule has 0 aliphatic heterocycles. The van der Waals surface area contributed by atoms with Gasteiger partial charge in [0.15, 0.2) is 0 Å². The molecule has 0 fully saturated rings. The lowest BCUT2D eigenvalue weighted by molar-refractivity contribution is -0.138. The van der Waals surface area contributed by atoms with Crippen LogP contribution in [0.4, 0.5) is 13.2 Å². The Hall–Kier alpha value is -1.99. The summed E-state index contributed by atoms with van der Waals surface area (Å²) < 4.78 is 67.3. The standard InChI is InChI=1S/C25H35F3N2O5S2/c1-24(2,11-5-8-21-9-6-12-36-21)29-16-20(31)17-30(3)37(34,35)22-14-18(7-4-10-23(32)33)13-19(15-22)25(26,27)28/h6,9,12-15,20,29,31H,4-5,7-8,10-11,16-17H2,1-3H3,(H,32,33). The van der Waals surface area contributed by atoms with Crippen molar-refractivity contribution in [3.05, 3.63) is 51.7 Å². The number of thiophene rings is 1.